The zero-order valence-electron chi connectivity index (χ0n) is 18.9. The van der Waals surface area contributed by atoms with Crippen molar-refractivity contribution in [3.8, 4) is 23.1 Å². The fourth-order valence-electron chi connectivity index (χ4n) is 4.23. The molecule has 2 aliphatic heterocycles. The van der Waals surface area contributed by atoms with Crippen molar-refractivity contribution >= 4 is 23.8 Å². The lowest BCUT2D eigenvalue weighted by atomic mass is 10.0. The van der Waals surface area contributed by atoms with Gasteiger partial charge >= 0.3 is 6.03 Å². The van der Waals surface area contributed by atoms with E-state index in [1.165, 1.54) is 27.5 Å². The number of halogens is 2. The van der Waals surface area contributed by atoms with E-state index in [-0.39, 0.29) is 30.4 Å². The summed E-state index contributed by atoms with van der Waals surface area (Å²) in [6.07, 6.45) is 2.73. The molecule has 0 unspecified atom stereocenters. The van der Waals surface area contributed by atoms with Gasteiger partial charge in [-0.3, -0.25) is 4.98 Å². The molecule has 3 aromatic rings. The van der Waals surface area contributed by atoms with Crippen LogP contribution in [0, 0.1) is 36.8 Å². The Kier molecular flexibility index (Phi) is 5.90. The van der Waals surface area contributed by atoms with E-state index in [4.69, 9.17) is 10.00 Å². The van der Waals surface area contributed by atoms with Crippen LogP contribution in [-0.2, 0) is 0 Å². The maximum absolute atomic E-state index is 14.4. The summed E-state index contributed by atoms with van der Waals surface area (Å²) in [5.41, 5.74) is 2.94. The first kappa shape index (κ1) is 22.9. The van der Waals surface area contributed by atoms with Gasteiger partial charge < -0.3 is 9.64 Å². The molecular weight excluding hydrogens is 474 g/mol. The van der Waals surface area contributed by atoms with Gasteiger partial charge in [-0.2, -0.15) is 14.7 Å². The number of nitriles is 1. The second-order valence-electron chi connectivity index (χ2n) is 8.41. The fourth-order valence-corrected chi connectivity index (χ4v) is 4.94. The Morgan fingerprint density at radius 2 is 2.03 bits per heavy atom. The molecule has 11 heteroatoms. The number of ether oxygens (including phenoxy) is 1. The molecule has 2 amide bonds. The highest BCUT2D eigenvalue weighted by atomic mass is 32.1. The summed E-state index contributed by atoms with van der Waals surface area (Å²) in [5.74, 6) is -1.06. The molecule has 2 aliphatic rings. The topological polar surface area (TPSA) is 94.7 Å². The van der Waals surface area contributed by atoms with Crippen molar-refractivity contribution in [2.45, 2.75) is 32.4 Å². The molecule has 5 rings (SSSR count). The van der Waals surface area contributed by atoms with Crippen molar-refractivity contribution in [1.29, 1.82) is 5.26 Å². The quantitative estimate of drug-likeness (QED) is 0.529. The van der Waals surface area contributed by atoms with Gasteiger partial charge in [0.25, 0.3) is 0 Å². The number of amides is 2. The van der Waals surface area contributed by atoms with Crippen LogP contribution in [0.4, 0.5) is 13.6 Å². The van der Waals surface area contributed by atoms with Crippen LogP contribution < -0.4 is 4.74 Å². The van der Waals surface area contributed by atoms with Gasteiger partial charge in [-0.05, 0) is 49.1 Å². The van der Waals surface area contributed by atoms with Gasteiger partial charge in [0.15, 0.2) is 11.6 Å². The van der Waals surface area contributed by atoms with Gasteiger partial charge in [-0.1, -0.05) is 0 Å². The Balaban J connectivity index is 1.25. The molecule has 1 fully saturated rings. The Hall–Kier alpha value is -3.91. The minimum atomic E-state index is -0.583. The highest BCUT2D eigenvalue weighted by Crippen LogP contribution is 2.34. The lowest BCUT2D eigenvalue weighted by molar-refractivity contribution is 0.0257. The van der Waals surface area contributed by atoms with Crippen molar-refractivity contribution < 1.29 is 18.3 Å². The van der Waals surface area contributed by atoms with Crippen LogP contribution in [0.1, 0.15) is 34.2 Å². The molecule has 178 valence electrons. The number of nitrogens with zero attached hydrogens (tertiary/aromatic N) is 6. The molecule has 0 bridgehead atoms. The van der Waals surface area contributed by atoms with Crippen molar-refractivity contribution in [3.05, 3.63) is 63.8 Å². The molecular formula is C24H20F2N6O2S. The number of urea groups is 1. The van der Waals surface area contributed by atoms with Gasteiger partial charge in [-0.15, -0.1) is 0 Å². The molecule has 0 spiro atoms. The number of aromatic nitrogens is 2. The average Bonchev–Trinajstić information content (AvgIpc) is 3.43. The van der Waals surface area contributed by atoms with Crippen molar-refractivity contribution in [2.24, 2.45) is 5.10 Å². The summed E-state index contributed by atoms with van der Waals surface area (Å²) in [4.78, 5) is 19.7. The summed E-state index contributed by atoms with van der Waals surface area (Å²) in [6.45, 7) is 4.30. The Labute approximate surface area is 204 Å². The SMILES string of the molecule is Cc1nsc(C)c1-c1cc(OC2CN(C(=O)N3N=CC[C@H]3c3cc(F)cc(C#N)c3)C2)c(F)cn1. The van der Waals surface area contributed by atoms with Crippen LogP contribution >= 0.6 is 11.5 Å². The minimum Gasteiger partial charge on any atom is -0.483 e. The van der Waals surface area contributed by atoms with Gasteiger partial charge in [-0.25, -0.2) is 18.6 Å². The molecule has 0 radical (unpaired) electrons. The van der Waals surface area contributed by atoms with E-state index >= 15 is 0 Å². The normalized spacial score (nSPS) is 17.4. The number of likely N-dealkylation sites (tertiary alicyclic amines) is 1. The predicted octanol–water partition coefficient (Wildman–Crippen LogP) is 4.59. The van der Waals surface area contributed by atoms with Crippen molar-refractivity contribution in [3.63, 3.8) is 0 Å². The van der Waals surface area contributed by atoms with Crippen LogP contribution in [0.2, 0.25) is 0 Å². The first-order chi connectivity index (χ1) is 16.8. The van der Waals surface area contributed by atoms with Gasteiger partial charge in [0, 0.05) is 29.1 Å². The van der Waals surface area contributed by atoms with Crippen LogP contribution in [-0.4, -0.2) is 50.7 Å². The highest BCUT2D eigenvalue weighted by Gasteiger charge is 2.39. The van der Waals surface area contributed by atoms with Gasteiger partial charge in [0.2, 0.25) is 0 Å². The summed E-state index contributed by atoms with van der Waals surface area (Å²) in [7, 11) is 0. The largest absolute Gasteiger partial charge is 0.483 e. The molecule has 0 N–H and O–H groups in total. The number of carbonyl (C=O) groups excluding carboxylic acids is 1. The molecule has 0 saturated carbocycles. The molecule has 2 aromatic heterocycles. The zero-order valence-corrected chi connectivity index (χ0v) is 19.7. The molecule has 1 aromatic carbocycles. The fraction of sp³-hybridized carbons (Fsp3) is 0.292. The van der Waals surface area contributed by atoms with Crippen LogP contribution in [0.3, 0.4) is 0 Å². The third kappa shape index (κ3) is 4.33. The zero-order chi connectivity index (χ0) is 24.7. The summed E-state index contributed by atoms with van der Waals surface area (Å²) >= 11 is 1.36. The van der Waals surface area contributed by atoms with Crippen molar-refractivity contribution in [2.75, 3.05) is 13.1 Å². The van der Waals surface area contributed by atoms with E-state index in [0.717, 1.165) is 28.4 Å². The number of benzene rings is 1. The Morgan fingerprint density at radius 1 is 1.23 bits per heavy atom. The molecule has 0 aliphatic carbocycles. The van der Waals surface area contributed by atoms with Crippen molar-refractivity contribution in [1.82, 2.24) is 19.3 Å². The summed E-state index contributed by atoms with van der Waals surface area (Å²) in [5, 5.41) is 14.6. The van der Waals surface area contributed by atoms with Crippen LogP contribution in [0.15, 0.2) is 35.6 Å². The number of rotatable bonds is 4. The Bertz CT molecular complexity index is 1360. The average molecular weight is 495 g/mol. The van der Waals surface area contributed by atoms with E-state index < -0.39 is 23.8 Å². The van der Waals surface area contributed by atoms with E-state index in [1.54, 1.807) is 18.3 Å². The highest BCUT2D eigenvalue weighted by molar-refractivity contribution is 7.06. The summed E-state index contributed by atoms with van der Waals surface area (Å²) < 4.78 is 38.5. The maximum Gasteiger partial charge on any atom is 0.341 e. The minimum absolute atomic E-state index is 0.0676. The first-order valence-corrected chi connectivity index (χ1v) is 11.7. The number of hydrogen-bond acceptors (Lipinski definition) is 7. The molecule has 1 atom stereocenters. The monoisotopic (exact) mass is 494 g/mol. The standard InChI is InChI=1S/C24H20F2N6O2S/c1-13-23(14(2)35-30-13)20-8-22(19(26)10-28-20)34-18-11-31(12-18)24(33)32-21(3-4-29-32)16-5-15(9-27)6-17(25)7-16/h4-8,10,18,21H,3,11-12H2,1-2H3/t21-/m0/s1. The van der Waals surface area contributed by atoms with E-state index in [1.807, 2.05) is 19.9 Å². The smallest absolute Gasteiger partial charge is 0.341 e. The molecule has 1 saturated heterocycles. The summed E-state index contributed by atoms with van der Waals surface area (Å²) in [6, 6.07) is 6.62. The van der Waals surface area contributed by atoms with E-state index in [2.05, 4.69) is 14.5 Å². The van der Waals surface area contributed by atoms with E-state index in [0.29, 0.717) is 17.7 Å². The number of aryl methyl sites for hydroxylation is 2. The lowest BCUT2D eigenvalue weighted by Gasteiger charge is -2.41. The maximum atomic E-state index is 14.4. The molecule has 35 heavy (non-hydrogen) atoms. The molecule has 4 heterocycles. The third-order valence-corrected chi connectivity index (χ3v) is 6.82. The van der Waals surface area contributed by atoms with E-state index in [9.17, 15) is 13.6 Å². The van der Waals surface area contributed by atoms with Crippen LogP contribution in [0.5, 0.6) is 5.75 Å². The number of hydrazone groups is 1. The second kappa shape index (κ2) is 9.03. The number of pyridine rings is 1. The predicted molar refractivity (Wildman–Crippen MR) is 125 cm³/mol. The van der Waals surface area contributed by atoms with Gasteiger partial charge in [0.05, 0.1) is 48.3 Å². The lowest BCUT2D eigenvalue weighted by Crippen LogP contribution is -2.58. The number of hydrogen-bond donors (Lipinski definition) is 0. The van der Waals surface area contributed by atoms with Crippen LogP contribution in [0.25, 0.3) is 11.3 Å². The molecule has 8 nitrogen and oxygen atoms in total. The second-order valence-corrected chi connectivity index (χ2v) is 9.38. The van der Waals surface area contributed by atoms with Gasteiger partial charge in [0.1, 0.15) is 11.9 Å². The Morgan fingerprint density at radius 3 is 2.74 bits per heavy atom. The number of carbonyl (C=O) groups is 1. The third-order valence-electron chi connectivity index (χ3n) is 5.98. The first-order valence-electron chi connectivity index (χ1n) is 10.9.